The molecule has 1 N–H and O–H groups in total. The van der Waals surface area contributed by atoms with Gasteiger partial charge >= 0.3 is 0 Å². The Morgan fingerprint density at radius 1 is 1.23 bits per heavy atom. The molecule has 1 aromatic rings. The van der Waals surface area contributed by atoms with Crippen molar-refractivity contribution in [2.75, 3.05) is 0 Å². The van der Waals surface area contributed by atoms with E-state index in [0.717, 1.165) is 13.0 Å². The monoisotopic (exact) mass is 186 g/mol. The largest absolute Gasteiger partial charge is 0.508 e. The fourth-order valence-corrected chi connectivity index (χ4v) is 1.09. The molecule has 0 amide bonds. The number of halogens is 2. The summed E-state index contributed by atoms with van der Waals surface area (Å²) in [6.45, 7) is 4.21. The van der Waals surface area contributed by atoms with Crippen molar-refractivity contribution in [3.8, 4) is 5.75 Å². The summed E-state index contributed by atoms with van der Waals surface area (Å²) in [6, 6.07) is 2.51. The third kappa shape index (κ3) is 1.97. The van der Waals surface area contributed by atoms with Crippen LogP contribution in [0.15, 0.2) is 12.1 Å². The van der Waals surface area contributed by atoms with Gasteiger partial charge in [-0.2, -0.15) is 0 Å². The normalized spacial score (nSPS) is 11.8. The van der Waals surface area contributed by atoms with E-state index in [-0.39, 0.29) is 11.3 Å². The molecule has 0 aromatic heterocycles. The van der Waals surface area contributed by atoms with Crippen LogP contribution in [0.3, 0.4) is 0 Å². The summed E-state index contributed by atoms with van der Waals surface area (Å²) < 4.78 is 25.7. The van der Waals surface area contributed by atoms with E-state index in [2.05, 4.69) is 0 Å². The van der Waals surface area contributed by atoms with Crippen LogP contribution < -0.4 is 0 Å². The molecular formula is C10H12F2O. The summed E-state index contributed by atoms with van der Waals surface area (Å²) in [5.41, 5.74) is 1.18. The van der Waals surface area contributed by atoms with E-state index in [0.29, 0.717) is 11.1 Å². The Morgan fingerprint density at radius 3 is 2.15 bits per heavy atom. The molecule has 0 aliphatic heterocycles. The van der Waals surface area contributed by atoms with E-state index < -0.39 is 5.92 Å². The average molecular weight is 186 g/mol. The Balaban J connectivity index is 3.29. The lowest BCUT2D eigenvalue weighted by molar-refractivity contribution is 0.0172. The van der Waals surface area contributed by atoms with Gasteiger partial charge in [-0.1, -0.05) is 0 Å². The van der Waals surface area contributed by atoms with Crippen LogP contribution in [0.4, 0.5) is 8.78 Å². The van der Waals surface area contributed by atoms with Gasteiger partial charge in [0.2, 0.25) is 0 Å². The molecule has 0 atom stereocenters. The zero-order chi connectivity index (χ0) is 10.2. The van der Waals surface area contributed by atoms with Gasteiger partial charge in [0.25, 0.3) is 5.92 Å². The zero-order valence-electron chi connectivity index (χ0n) is 7.86. The number of benzene rings is 1. The Hall–Kier alpha value is -1.12. The van der Waals surface area contributed by atoms with E-state index >= 15 is 0 Å². The molecule has 0 unspecified atom stereocenters. The van der Waals surface area contributed by atoms with Gasteiger partial charge in [0.05, 0.1) is 0 Å². The fraction of sp³-hybridized carbons (Fsp3) is 0.400. The fourth-order valence-electron chi connectivity index (χ4n) is 1.09. The minimum absolute atomic E-state index is 0.0727. The van der Waals surface area contributed by atoms with E-state index in [1.54, 1.807) is 13.8 Å². The minimum Gasteiger partial charge on any atom is -0.508 e. The molecule has 0 aliphatic carbocycles. The zero-order valence-corrected chi connectivity index (χ0v) is 7.86. The van der Waals surface area contributed by atoms with Crippen molar-refractivity contribution in [3.05, 3.63) is 28.8 Å². The summed E-state index contributed by atoms with van der Waals surface area (Å²) in [4.78, 5) is 0. The molecule has 0 spiro atoms. The number of rotatable bonds is 1. The minimum atomic E-state index is -2.89. The summed E-state index contributed by atoms with van der Waals surface area (Å²) in [6.07, 6.45) is 0. The van der Waals surface area contributed by atoms with Gasteiger partial charge in [0.15, 0.2) is 0 Å². The van der Waals surface area contributed by atoms with Crippen LogP contribution in [0.25, 0.3) is 0 Å². The van der Waals surface area contributed by atoms with Gasteiger partial charge in [-0.25, -0.2) is 8.78 Å². The van der Waals surface area contributed by atoms with E-state index in [1.165, 1.54) is 6.07 Å². The number of phenolic OH excluding ortho intramolecular Hbond substituents is 1. The number of aromatic hydroxyl groups is 1. The first kappa shape index (κ1) is 9.96. The van der Waals surface area contributed by atoms with Crippen molar-refractivity contribution in [2.45, 2.75) is 26.7 Å². The molecule has 0 saturated carbocycles. The molecule has 0 heterocycles. The maximum absolute atomic E-state index is 12.8. The number of aryl methyl sites for hydroxylation is 1. The number of hydrogen-bond donors (Lipinski definition) is 1. The molecule has 72 valence electrons. The highest BCUT2D eigenvalue weighted by Gasteiger charge is 2.25. The highest BCUT2D eigenvalue weighted by molar-refractivity contribution is 5.42. The number of phenols is 1. The molecule has 0 radical (unpaired) electrons. The lowest BCUT2D eigenvalue weighted by Crippen LogP contribution is -2.07. The van der Waals surface area contributed by atoms with E-state index in [1.807, 2.05) is 0 Å². The second kappa shape index (κ2) is 2.98. The molecular weight excluding hydrogens is 174 g/mol. The Labute approximate surface area is 76.0 Å². The Bertz CT molecular complexity index is 303. The molecule has 0 bridgehead atoms. The standard InChI is InChI=1S/C10H12F2O/c1-6-4-8(10(3,11)12)5-9(13)7(6)2/h4-5,13H,1-3H3. The van der Waals surface area contributed by atoms with Gasteiger partial charge in [-0.3, -0.25) is 0 Å². The Morgan fingerprint density at radius 2 is 1.77 bits per heavy atom. The molecule has 1 nitrogen and oxygen atoms in total. The quantitative estimate of drug-likeness (QED) is 0.714. The molecule has 1 rings (SSSR count). The van der Waals surface area contributed by atoms with Crippen molar-refractivity contribution in [1.29, 1.82) is 0 Å². The molecule has 1 aromatic carbocycles. The first-order valence-corrected chi connectivity index (χ1v) is 4.01. The summed E-state index contributed by atoms with van der Waals surface area (Å²) in [5, 5.41) is 9.31. The van der Waals surface area contributed by atoms with Crippen molar-refractivity contribution >= 4 is 0 Å². The lowest BCUT2D eigenvalue weighted by Gasteiger charge is -2.13. The van der Waals surface area contributed by atoms with Crippen LogP contribution >= 0.6 is 0 Å². The summed E-state index contributed by atoms with van der Waals surface area (Å²) in [5.74, 6) is -2.97. The van der Waals surface area contributed by atoms with Crippen molar-refractivity contribution < 1.29 is 13.9 Å². The number of alkyl halides is 2. The van der Waals surface area contributed by atoms with Crippen LogP contribution in [0.2, 0.25) is 0 Å². The number of hydrogen-bond acceptors (Lipinski definition) is 1. The molecule has 3 heteroatoms. The van der Waals surface area contributed by atoms with Crippen molar-refractivity contribution in [2.24, 2.45) is 0 Å². The van der Waals surface area contributed by atoms with Gasteiger partial charge < -0.3 is 5.11 Å². The third-order valence-electron chi connectivity index (χ3n) is 2.15. The van der Waals surface area contributed by atoms with Crippen molar-refractivity contribution in [3.63, 3.8) is 0 Å². The summed E-state index contributed by atoms with van der Waals surface area (Å²) in [7, 11) is 0. The van der Waals surface area contributed by atoms with Crippen LogP contribution in [0.5, 0.6) is 5.75 Å². The van der Waals surface area contributed by atoms with Crippen LogP contribution in [-0.2, 0) is 5.92 Å². The van der Waals surface area contributed by atoms with E-state index in [9.17, 15) is 13.9 Å². The predicted octanol–water partition coefficient (Wildman–Crippen LogP) is 3.12. The third-order valence-corrected chi connectivity index (χ3v) is 2.15. The van der Waals surface area contributed by atoms with E-state index in [4.69, 9.17) is 0 Å². The van der Waals surface area contributed by atoms with Gasteiger partial charge in [-0.15, -0.1) is 0 Å². The molecule has 13 heavy (non-hydrogen) atoms. The van der Waals surface area contributed by atoms with Crippen LogP contribution in [-0.4, -0.2) is 5.11 Å². The SMILES string of the molecule is Cc1cc(C(C)(F)F)cc(O)c1C. The average Bonchev–Trinajstić information content (AvgIpc) is 1.97. The molecule has 0 fully saturated rings. The summed E-state index contributed by atoms with van der Waals surface area (Å²) >= 11 is 0. The Kier molecular flexibility index (Phi) is 2.28. The first-order chi connectivity index (χ1) is 5.82. The van der Waals surface area contributed by atoms with Gasteiger partial charge in [0, 0.05) is 12.5 Å². The second-order valence-electron chi connectivity index (χ2n) is 3.33. The van der Waals surface area contributed by atoms with Crippen molar-refractivity contribution in [1.82, 2.24) is 0 Å². The molecule has 0 saturated heterocycles. The van der Waals surface area contributed by atoms with Gasteiger partial charge in [-0.05, 0) is 37.1 Å². The maximum atomic E-state index is 12.8. The molecule has 0 aliphatic rings. The van der Waals surface area contributed by atoms with Crippen LogP contribution in [0, 0.1) is 13.8 Å². The lowest BCUT2D eigenvalue weighted by atomic mass is 10.0. The highest BCUT2D eigenvalue weighted by Crippen LogP contribution is 2.32. The predicted molar refractivity (Wildman–Crippen MR) is 47.1 cm³/mol. The van der Waals surface area contributed by atoms with Gasteiger partial charge in [0.1, 0.15) is 5.75 Å². The topological polar surface area (TPSA) is 20.2 Å². The van der Waals surface area contributed by atoms with Crippen LogP contribution in [0.1, 0.15) is 23.6 Å². The first-order valence-electron chi connectivity index (χ1n) is 4.01. The smallest absolute Gasteiger partial charge is 0.270 e. The highest BCUT2D eigenvalue weighted by atomic mass is 19.3. The maximum Gasteiger partial charge on any atom is 0.270 e. The second-order valence-corrected chi connectivity index (χ2v) is 3.33.